The summed E-state index contributed by atoms with van der Waals surface area (Å²) >= 11 is 0. The van der Waals surface area contributed by atoms with Gasteiger partial charge in [-0.25, -0.2) is 9.78 Å². The molecule has 1 saturated heterocycles. The van der Waals surface area contributed by atoms with Crippen LogP contribution >= 0.6 is 0 Å². The molecule has 0 saturated carbocycles. The van der Waals surface area contributed by atoms with Crippen LogP contribution in [0.4, 0.5) is 0 Å². The van der Waals surface area contributed by atoms with Crippen molar-refractivity contribution in [3.8, 4) is 11.3 Å². The third kappa shape index (κ3) is 3.58. The molecule has 1 fully saturated rings. The third-order valence-electron chi connectivity index (χ3n) is 4.96. The molecule has 4 rings (SSSR count). The number of likely N-dealkylation sites (tertiary alicyclic amines) is 1. The molecule has 1 unspecified atom stereocenters. The van der Waals surface area contributed by atoms with Crippen LogP contribution in [0.3, 0.4) is 0 Å². The fourth-order valence-electron chi connectivity index (χ4n) is 3.48. The minimum Gasteiger partial charge on any atom is -0.449 e. The van der Waals surface area contributed by atoms with Crippen LogP contribution in [0.1, 0.15) is 30.1 Å². The molecule has 0 radical (unpaired) electrons. The number of hydrogen-bond donors (Lipinski definition) is 0. The Bertz CT molecular complexity index is 1010. The Morgan fingerprint density at radius 3 is 2.54 bits per heavy atom. The number of amides is 1. The highest BCUT2D eigenvalue weighted by Crippen LogP contribution is 2.25. The van der Waals surface area contributed by atoms with E-state index in [1.165, 1.54) is 0 Å². The summed E-state index contributed by atoms with van der Waals surface area (Å²) in [7, 11) is 0. The number of aromatic nitrogens is 2. The minimum atomic E-state index is -0.818. The van der Waals surface area contributed by atoms with E-state index in [1.807, 2.05) is 36.4 Å². The molecule has 2 aromatic heterocycles. The van der Waals surface area contributed by atoms with Crippen LogP contribution in [-0.2, 0) is 9.53 Å². The van der Waals surface area contributed by atoms with Crippen molar-refractivity contribution in [2.45, 2.75) is 25.9 Å². The van der Waals surface area contributed by atoms with Crippen LogP contribution < -0.4 is 0 Å². The lowest BCUT2D eigenvalue weighted by atomic mass is 10.0. The number of esters is 1. The van der Waals surface area contributed by atoms with Gasteiger partial charge >= 0.3 is 5.97 Å². The Morgan fingerprint density at radius 2 is 1.79 bits per heavy atom. The number of carbonyl (C=O) groups is 2. The molecule has 1 aromatic carbocycles. The fraction of sp³-hybridized carbons (Fsp3) is 0.273. The monoisotopic (exact) mass is 375 g/mol. The number of rotatable bonds is 4. The van der Waals surface area contributed by atoms with Crippen molar-refractivity contribution in [2.24, 2.45) is 0 Å². The molecular weight excluding hydrogens is 354 g/mol. The lowest BCUT2D eigenvalue weighted by molar-refractivity contribution is -0.138. The van der Waals surface area contributed by atoms with Crippen molar-refractivity contribution in [3.05, 3.63) is 60.4 Å². The third-order valence-corrected chi connectivity index (χ3v) is 4.96. The van der Waals surface area contributed by atoms with Gasteiger partial charge in [-0.1, -0.05) is 18.2 Å². The smallest absolute Gasteiger partial charge is 0.339 e. The maximum absolute atomic E-state index is 12.9. The second kappa shape index (κ2) is 7.76. The number of fused-ring (bicyclic) bond motifs is 1. The van der Waals surface area contributed by atoms with Crippen LogP contribution in [0.5, 0.6) is 0 Å². The lowest BCUT2D eigenvalue weighted by Crippen LogP contribution is -2.38. The first-order chi connectivity index (χ1) is 13.6. The number of hydrogen-bond acceptors (Lipinski definition) is 5. The van der Waals surface area contributed by atoms with E-state index in [-0.39, 0.29) is 5.91 Å². The van der Waals surface area contributed by atoms with Gasteiger partial charge in [-0.05, 0) is 44.0 Å². The van der Waals surface area contributed by atoms with Gasteiger partial charge in [0.05, 0.1) is 16.8 Å². The average molecular weight is 375 g/mol. The molecule has 0 N–H and O–H groups in total. The minimum absolute atomic E-state index is 0.140. The zero-order valence-corrected chi connectivity index (χ0v) is 15.7. The first-order valence-electron chi connectivity index (χ1n) is 9.43. The largest absolute Gasteiger partial charge is 0.449 e. The zero-order valence-electron chi connectivity index (χ0n) is 15.7. The first kappa shape index (κ1) is 18.1. The summed E-state index contributed by atoms with van der Waals surface area (Å²) in [6.45, 7) is 3.09. The van der Waals surface area contributed by atoms with Gasteiger partial charge in [0, 0.05) is 36.4 Å². The number of ether oxygens (including phenoxy) is 1. The molecule has 0 spiro atoms. The number of carbonyl (C=O) groups excluding carboxylic acids is 2. The average Bonchev–Trinajstić information content (AvgIpc) is 3.27. The van der Waals surface area contributed by atoms with E-state index in [4.69, 9.17) is 4.74 Å². The Labute approximate surface area is 163 Å². The second-order valence-corrected chi connectivity index (χ2v) is 6.89. The van der Waals surface area contributed by atoms with Crippen molar-refractivity contribution in [3.63, 3.8) is 0 Å². The van der Waals surface area contributed by atoms with Crippen LogP contribution in [0.15, 0.2) is 54.9 Å². The Morgan fingerprint density at radius 1 is 1.07 bits per heavy atom. The summed E-state index contributed by atoms with van der Waals surface area (Å²) in [4.78, 5) is 35.9. The predicted octanol–water partition coefficient (Wildman–Crippen LogP) is 3.46. The molecule has 0 bridgehead atoms. The first-order valence-corrected chi connectivity index (χ1v) is 9.43. The van der Waals surface area contributed by atoms with E-state index < -0.39 is 12.1 Å². The maximum atomic E-state index is 12.9. The standard InChI is InChI=1S/C22H21N3O3/c1-15(21(26)25-12-4-5-13-25)28-22(27)18-14-20(16-8-10-23-11-9-16)24-19-7-3-2-6-17(18)19/h2-3,6-11,14-15H,4-5,12-13H2,1H3. The molecule has 1 aliphatic heterocycles. The summed E-state index contributed by atoms with van der Waals surface area (Å²) in [6.07, 6.45) is 4.54. The van der Waals surface area contributed by atoms with Crippen molar-refractivity contribution in [1.82, 2.24) is 14.9 Å². The second-order valence-electron chi connectivity index (χ2n) is 6.89. The molecule has 0 aliphatic carbocycles. The van der Waals surface area contributed by atoms with Crippen molar-refractivity contribution >= 4 is 22.8 Å². The molecule has 3 aromatic rings. The SMILES string of the molecule is CC(OC(=O)c1cc(-c2ccncc2)nc2ccccc12)C(=O)N1CCCC1. The van der Waals surface area contributed by atoms with Crippen LogP contribution in [0.2, 0.25) is 0 Å². The summed E-state index contributed by atoms with van der Waals surface area (Å²) in [6, 6.07) is 12.8. The van der Waals surface area contributed by atoms with Crippen molar-refractivity contribution < 1.29 is 14.3 Å². The number of pyridine rings is 2. The quantitative estimate of drug-likeness (QED) is 0.653. The lowest BCUT2D eigenvalue weighted by Gasteiger charge is -2.20. The highest BCUT2D eigenvalue weighted by atomic mass is 16.5. The van der Waals surface area contributed by atoms with Crippen molar-refractivity contribution in [2.75, 3.05) is 13.1 Å². The van der Waals surface area contributed by atoms with E-state index in [9.17, 15) is 9.59 Å². The molecule has 28 heavy (non-hydrogen) atoms. The Balaban J connectivity index is 1.66. The normalized spacial score (nSPS) is 14.8. The molecular formula is C22H21N3O3. The van der Waals surface area contributed by atoms with Gasteiger partial charge in [0.1, 0.15) is 0 Å². The topological polar surface area (TPSA) is 72.4 Å². The zero-order chi connectivity index (χ0) is 19.5. The molecule has 6 heteroatoms. The van der Waals surface area contributed by atoms with Crippen LogP contribution in [0.25, 0.3) is 22.2 Å². The summed E-state index contributed by atoms with van der Waals surface area (Å²) in [5.74, 6) is -0.660. The molecule has 6 nitrogen and oxygen atoms in total. The predicted molar refractivity (Wildman–Crippen MR) is 106 cm³/mol. The van der Waals surface area contributed by atoms with E-state index >= 15 is 0 Å². The molecule has 1 aliphatic rings. The summed E-state index contributed by atoms with van der Waals surface area (Å²) < 4.78 is 5.54. The highest BCUT2D eigenvalue weighted by molar-refractivity contribution is 6.05. The molecule has 1 amide bonds. The number of para-hydroxylation sites is 1. The van der Waals surface area contributed by atoms with Crippen molar-refractivity contribution in [1.29, 1.82) is 0 Å². The molecule has 3 heterocycles. The van der Waals surface area contributed by atoms with Gasteiger partial charge in [0.2, 0.25) is 0 Å². The summed E-state index contributed by atoms with van der Waals surface area (Å²) in [5.41, 5.74) is 2.61. The molecule has 1 atom stereocenters. The van der Waals surface area contributed by atoms with Crippen LogP contribution in [0, 0.1) is 0 Å². The van der Waals surface area contributed by atoms with Gasteiger partial charge in [-0.15, -0.1) is 0 Å². The summed E-state index contributed by atoms with van der Waals surface area (Å²) in [5, 5.41) is 0.700. The van der Waals surface area contributed by atoms with E-state index in [0.29, 0.717) is 22.2 Å². The van der Waals surface area contributed by atoms with Crippen LogP contribution in [-0.4, -0.2) is 45.9 Å². The van der Waals surface area contributed by atoms with E-state index in [0.717, 1.165) is 31.5 Å². The van der Waals surface area contributed by atoms with Gasteiger partial charge in [0.15, 0.2) is 6.10 Å². The van der Waals surface area contributed by atoms with E-state index in [1.54, 1.807) is 30.3 Å². The Kier molecular flexibility index (Phi) is 5.02. The molecule has 142 valence electrons. The Hall–Kier alpha value is -3.28. The number of nitrogens with zero attached hydrogens (tertiary/aromatic N) is 3. The number of benzene rings is 1. The maximum Gasteiger partial charge on any atom is 0.339 e. The fourth-order valence-corrected chi connectivity index (χ4v) is 3.48. The van der Waals surface area contributed by atoms with Gasteiger partial charge < -0.3 is 9.64 Å². The van der Waals surface area contributed by atoms with Gasteiger partial charge in [-0.3, -0.25) is 9.78 Å². The highest BCUT2D eigenvalue weighted by Gasteiger charge is 2.27. The van der Waals surface area contributed by atoms with E-state index in [2.05, 4.69) is 9.97 Å². The van der Waals surface area contributed by atoms with Gasteiger partial charge in [-0.2, -0.15) is 0 Å². The van der Waals surface area contributed by atoms with Gasteiger partial charge in [0.25, 0.3) is 5.91 Å².